The van der Waals surface area contributed by atoms with Crippen LogP contribution in [-0.2, 0) is 0 Å². The molecule has 0 atom stereocenters. The number of hydrogen-bond acceptors (Lipinski definition) is 4. The number of ether oxygens (including phenoxy) is 3. The van der Waals surface area contributed by atoms with Crippen LogP contribution in [0.5, 0.6) is 17.2 Å². The van der Waals surface area contributed by atoms with Gasteiger partial charge >= 0.3 is 0 Å². The third-order valence-corrected chi connectivity index (χ3v) is 3.39. The van der Waals surface area contributed by atoms with Crippen molar-refractivity contribution in [2.75, 3.05) is 20.3 Å². The summed E-state index contributed by atoms with van der Waals surface area (Å²) >= 11 is 6.27. The van der Waals surface area contributed by atoms with Crippen LogP contribution in [0.4, 0.5) is 5.69 Å². The minimum absolute atomic E-state index is 0.357. The van der Waals surface area contributed by atoms with E-state index in [1.165, 1.54) is 0 Å². The molecule has 0 heterocycles. The number of rotatable bonds is 8. The van der Waals surface area contributed by atoms with Crippen LogP contribution in [0.3, 0.4) is 0 Å². The minimum atomic E-state index is 0.357. The lowest BCUT2D eigenvalue weighted by Crippen LogP contribution is -1.98. The second-order valence-electron chi connectivity index (χ2n) is 4.82. The molecule has 0 spiro atoms. The Kier molecular flexibility index (Phi) is 6.70. The predicted octanol–water partition coefficient (Wildman–Crippen LogP) is 5.06. The maximum Gasteiger partial charge on any atom is 0.180 e. The summed E-state index contributed by atoms with van der Waals surface area (Å²) in [6, 6.07) is 11.2. The van der Waals surface area contributed by atoms with E-state index >= 15 is 0 Å². The van der Waals surface area contributed by atoms with Crippen LogP contribution < -0.4 is 14.2 Å². The van der Waals surface area contributed by atoms with Crippen LogP contribution in [0.1, 0.15) is 12.5 Å². The number of benzene rings is 2. The molecule has 0 aliphatic carbocycles. The highest BCUT2D eigenvalue weighted by atomic mass is 35.5. The molecule has 126 valence electrons. The van der Waals surface area contributed by atoms with Gasteiger partial charge in [-0.2, -0.15) is 0 Å². The van der Waals surface area contributed by atoms with E-state index in [4.69, 9.17) is 25.8 Å². The second-order valence-corrected chi connectivity index (χ2v) is 5.23. The molecule has 0 radical (unpaired) electrons. The van der Waals surface area contributed by atoms with E-state index in [0.717, 1.165) is 17.0 Å². The van der Waals surface area contributed by atoms with Crippen LogP contribution >= 0.6 is 11.6 Å². The average molecular weight is 346 g/mol. The first-order chi connectivity index (χ1) is 11.7. The molecule has 0 aliphatic rings. The molecule has 5 heteroatoms. The van der Waals surface area contributed by atoms with Gasteiger partial charge in [0.25, 0.3) is 0 Å². The molecule has 24 heavy (non-hydrogen) atoms. The molecular weight excluding hydrogens is 326 g/mol. The smallest absolute Gasteiger partial charge is 0.180 e. The van der Waals surface area contributed by atoms with Crippen molar-refractivity contribution in [3.05, 3.63) is 59.6 Å². The summed E-state index contributed by atoms with van der Waals surface area (Å²) in [6.07, 6.45) is 3.37. The summed E-state index contributed by atoms with van der Waals surface area (Å²) in [5.74, 6) is 1.87. The Hall–Kier alpha value is -2.46. The van der Waals surface area contributed by atoms with E-state index < -0.39 is 0 Å². The first-order valence-corrected chi connectivity index (χ1v) is 7.94. The Labute approximate surface area is 147 Å². The molecule has 4 nitrogen and oxygen atoms in total. The fourth-order valence-electron chi connectivity index (χ4n) is 2.04. The molecule has 2 aromatic rings. The van der Waals surface area contributed by atoms with Gasteiger partial charge in [-0.15, -0.1) is 0 Å². The number of nitrogens with zero attached hydrogens (tertiary/aromatic N) is 1. The molecule has 0 fully saturated rings. The summed E-state index contributed by atoms with van der Waals surface area (Å²) < 4.78 is 16.3. The Morgan fingerprint density at radius 3 is 2.54 bits per heavy atom. The topological polar surface area (TPSA) is 40.0 Å². The Morgan fingerprint density at radius 2 is 1.92 bits per heavy atom. The fourth-order valence-corrected chi connectivity index (χ4v) is 2.31. The van der Waals surface area contributed by atoms with Crippen molar-refractivity contribution in [2.24, 2.45) is 4.99 Å². The van der Waals surface area contributed by atoms with Crippen LogP contribution in [0.25, 0.3) is 0 Å². The van der Waals surface area contributed by atoms with Crippen LogP contribution in [0, 0.1) is 0 Å². The molecule has 0 saturated heterocycles. The maximum absolute atomic E-state index is 6.27. The van der Waals surface area contributed by atoms with Crippen molar-refractivity contribution in [3.8, 4) is 17.2 Å². The summed E-state index contributed by atoms with van der Waals surface area (Å²) in [5.41, 5.74) is 1.64. The van der Waals surface area contributed by atoms with Crippen LogP contribution in [0.2, 0.25) is 5.02 Å². The largest absolute Gasteiger partial charge is 0.494 e. The van der Waals surface area contributed by atoms with Gasteiger partial charge in [0.15, 0.2) is 11.5 Å². The summed E-state index contributed by atoms with van der Waals surface area (Å²) in [6.45, 7) is 6.57. The van der Waals surface area contributed by atoms with E-state index in [1.807, 2.05) is 37.3 Å². The van der Waals surface area contributed by atoms with Crippen molar-refractivity contribution < 1.29 is 14.2 Å². The van der Waals surface area contributed by atoms with E-state index in [-0.39, 0.29) is 0 Å². The zero-order chi connectivity index (χ0) is 17.4. The van der Waals surface area contributed by atoms with Crippen LogP contribution in [0.15, 0.2) is 54.0 Å². The molecule has 0 N–H and O–H groups in total. The van der Waals surface area contributed by atoms with Gasteiger partial charge in [0.05, 0.1) is 24.4 Å². The van der Waals surface area contributed by atoms with E-state index in [9.17, 15) is 0 Å². The number of hydrogen-bond donors (Lipinski definition) is 0. The lowest BCUT2D eigenvalue weighted by atomic mass is 10.2. The van der Waals surface area contributed by atoms with Crippen molar-refractivity contribution in [3.63, 3.8) is 0 Å². The Morgan fingerprint density at radius 1 is 1.17 bits per heavy atom. The highest BCUT2D eigenvalue weighted by Gasteiger charge is 2.11. The SMILES string of the molecule is C=CCOc1c(Cl)cc(C=Nc2ccc(OCC)cc2)cc1OC. The van der Waals surface area contributed by atoms with Gasteiger partial charge in [-0.05, 0) is 48.9 Å². The predicted molar refractivity (Wildman–Crippen MR) is 98.6 cm³/mol. The van der Waals surface area contributed by atoms with Gasteiger partial charge in [0.1, 0.15) is 12.4 Å². The summed E-state index contributed by atoms with van der Waals surface area (Å²) in [7, 11) is 1.57. The van der Waals surface area contributed by atoms with Gasteiger partial charge in [-0.3, -0.25) is 4.99 Å². The molecule has 0 aliphatic heterocycles. The van der Waals surface area contributed by atoms with E-state index in [0.29, 0.717) is 29.7 Å². The third kappa shape index (κ3) is 4.77. The monoisotopic (exact) mass is 345 g/mol. The zero-order valence-corrected chi connectivity index (χ0v) is 14.5. The molecular formula is C19H20ClNO3. The molecule has 2 aromatic carbocycles. The number of methoxy groups -OCH3 is 1. The van der Waals surface area contributed by atoms with Crippen molar-refractivity contribution >= 4 is 23.5 Å². The fraction of sp³-hybridized carbons (Fsp3) is 0.211. The quantitative estimate of drug-likeness (QED) is 0.495. The standard InChI is InChI=1S/C19H20ClNO3/c1-4-10-24-19-17(20)11-14(12-18(19)22-3)13-21-15-6-8-16(9-7-15)23-5-2/h4,6-9,11-13H,1,5,10H2,2-3H3. The third-order valence-electron chi connectivity index (χ3n) is 3.11. The zero-order valence-electron chi connectivity index (χ0n) is 13.8. The Balaban J connectivity index is 2.19. The lowest BCUT2D eigenvalue weighted by Gasteiger charge is -2.11. The molecule has 0 bridgehead atoms. The Bertz CT molecular complexity index is 711. The van der Waals surface area contributed by atoms with E-state index in [2.05, 4.69) is 11.6 Å². The molecule has 0 saturated carbocycles. The minimum Gasteiger partial charge on any atom is -0.494 e. The van der Waals surface area contributed by atoms with Gasteiger partial charge in [0, 0.05) is 6.21 Å². The summed E-state index contributed by atoms with van der Waals surface area (Å²) in [4.78, 5) is 4.43. The van der Waals surface area contributed by atoms with Crippen molar-refractivity contribution in [1.82, 2.24) is 0 Å². The van der Waals surface area contributed by atoms with Crippen molar-refractivity contribution in [2.45, 2.75) is 6.92 Å². The van der Waals surface area contributed by atoms with Gasteiger partial charge in [-0.25, -0.2) is 0 Å². The first-order valence-electron chi connectivity index (χ1n) is 7.56. The summed E-state index contributed by atoms with van der Waals surface area (Å²) in [5, 5.41) is 0.462. The normalized spacial score (nSPS) is 10.6. The number of halogens is 1. The second kappa shape index (κ2) is 8.99. The highest BCUT2D eigenvalue weighted by Crippen LogP contribution is 2.36. The number of aliphatic imine (C=N–C) groups is 1. The van der Waals surface area contributed by atoms with Crippen molar-refractivity contribution in [1.29, 1.82) is 0 Å². The average Bonchev–Trinajstić information content (AvgIpc) is 2.60. The molecule has 0 aromatic heterocycles. The lowest BCUT2D eigenvalue weighted by molar-refractivity contribution is 0.326. The molecule has 0 unspecified atom stereocenters. The van der Waals surface area contributed by atoms with Crippen LogP contribution in [-0.4, -0.2) is 26.5 Å². The van der Waals surface area contributed by atoms with Gasteiger partial charge < -0.3 is 14.2 Å². The first kappa shape index (κ1) is 17.9. The molecule has 2 rings (SSSR count). The highest BCUT2D eigenvalue weighted by molar-refractivity contribution is 6.32. The molecule has 0 amide bonds. The van der Waals surface area contributed by atoms with Gasteiger partial charge in [-0.1, -0.05) is 24.3 Å². The maximum atomic E-state index is 6.27. The van der Waals surface area contributed by atoms with E-state index in [1.54, 1.807) is 25.5 Å². The van der Waals surface area contributed by atoms with Gasteiger partial charge in [0.2, 0.25) is 0 Å².